The molecule has 2 bridgehead atoms. The highest BCUT2D eigenvalue weighted by molar-refractivity contribution is 5.16. The van der Waals surface area contributed by atoms with Gasteiger partial charge in [0.2, 0.25) is 0 Å². The van der Waals surface area contributed by atoms with Crippen LogP contribution in [-0.4, -0.2) is 50.3 Å². The molecule has 0 amide bonds. The van der Waals surface area contributed by atoms with Crippen LogP contribution in [0.1, 0.15) is 19.3 Å². The predicted octanol–water partition coefficient (Wildman–Crippen LogP) is 0.953. The number of rotatable bonds is 4. The summed E-state index contributed by atoms with van der Waals surface area (Å²) in [6.07, 6.45) is 4.64. The molecule has 3 saturated carbocycles. The van der Waals surface area contributed by atoms with Gasteiger partial charge in [-0.3, -0.25) is 4.90 Å². The van der Waals surface area contributed by atoms with E-state index in [0.717, 1.165) is 56.0 Å². The van der Waals surface area contributed by atoms with Crippen LogP contribution in [-0.2, 0) is 4.74 Å². The van der Waals surface area contributed by atoms with E-state index in [4.69, 9.17) is 4.74 Å². The van der Waals surface area contributed by atoms with Crippen molar-refractivity contribution in [3.63, 3.8) is 0 Å². The van der Waals surface area contributed by atoms with Crippen molar-refractivity contribution in [2.24, 2.45) is 23.7 Å². The molecule has 1 saturated heterocycles. The third-order valence-corrected chi connectivity index (χ3v) is 5.65. The second-order valence-corrected chi connectivity index (χ2v) is 6.42. The Morgan fingerprint density at radius 1 is 1.06 bits per heavy atom. The molecule has 0 aromatic heterocycles. The Hall–Kier alpha value is -0.120. The quantitative estimate of drug-likeness (QED) is 0.786. The summed E-state index contributed by atoms with van der Waals surface area (Å²) in [4.78, 5) is 2.53. The molecule has 17 heavy (non-hydrogen) atoms. The topological polar surface area (TPSA) is 24.5 Å². The van der Waals surface area contributed by atoms with Crippen LogP contribution < -0.4 is 5.32 Å². The minimum Gasteiger partial charge on any atom is -0.379 e. The first-order chi connectivity index (χ1) is 8.43. The molecule has 4 unspecified atom stereocenters. The lowest BCUT2D eigenvalue weighted by molar-refractivity contribution is 0.0383. The maximum atomic E-state index is 5.37. The Labute approximate surface area is 104 Å². The van der Waals surface area contributed by atoms with Gasteiger partial charge in [0.25, 0.3) is 0 Å². The van der Waals surface area contributed by atoms with Crippen LogP contribution in [0.15, 0.2) is 0 Å². The Bertz CT molecular complexity index is 274. The summed E-state index contributed by atoms with van der Waals surface area (Å²) < 4.78 is 5.37. The molecule has 0 aromatic rings. The zero-order valence-electron chi connectivity index (χ0n) is 10.6. The summed E-state index contributed by atoms with van der Waals surface area (Å²) in [6, 6.07) is 0.905. The maximum Gasteiger partial charge on any atom is 0.0594 e. The van der Waals surface area contributed by atoms with E-state index in [2.05, 4.69) is 10.2 Å². The smallest absolute Gasteiger partial charge is 0.0594 e. The molecule has 4 aliphatic rings. The Morgan fingerprint density at radius 2 is 1.76 bits per heavy atom. The van der Waals surface area contributed by atoms with Crippen molar-refractivity contribution >= 4 is 0 Å². The van der Waals surface area contributed by atoms with Gasteiger partial charge in [-0.2, -0.15) is 0 Å². The van der Waals surface area contributed by atoms with Crippen LogP contribution in [0.5, 0.6) is 0 Å². The van der Waals surface area contributed by atoms with Crippen molar-refractivity contribution in [3.8, 4) is 0 Å². The van der Waals surface area contributed by atoms with Gasteiger partial charge in [-0.1, -0.05) is 0 Å². The van der Waals surface area contributed by atoms with E-state index < -0.39 is 0 Å². The largest absolute Gasteiger partial charge is 0.379 e. The third kappa shape index (κ3) is 1.83. The van der Waals surface area contributed by atoms with Gasteiger partial charge in [0.05, 0.1) is 13.2 Å². The number of ether oxygens (including phenoxy) is 1. The van der Waals surface area contributed by atoms with Gasteiger partial charge in [-0.25, -0.2) is 0 Å². The minimum absolute atomic E-state index is 0.905. The van der Waals surface area contributed by atoms with Gasteiger partial charge in [-0.15, -0.1) is 0 Å². The lowest BCUT2D eigenvalue weighted by atomic mass is 10.0. The third-order valence-electron chi connectivity index (χ3n) is 5.65. The van der Waals surface area contributed by atoms with Gasteiger partial charge in [0.15, 0.2) is 0 Å². The molecular formula is C14H24N2O. The van der Waals surface area contributed by atoms with Gasteiger partial charge in [-0.05, 0) is 42.9 Å². The average molecular weight is 236 g/mol. The molecule has 1 aliphatic heterocycles. The summed E-state index contributed by atoms with van der Waals surface area (Å²) in [6.45, 7) is 6.53. The molecule has 96 valence electrons. The van der Waals surface area contributed by atoms with E-state index in [9.17, 15) is 0 Å². The normalized spacial score (nSPS) is 48.4. The first-order valence-electron chi connectivity index (χ1n) is 7.47. The summed E-state index contributed by atoms with van der Waals surface area (Å²) >= 11 is 0. The highest BCUT2D eigenvalue weighted by atomic mass is 16.5. The van der Waals surface area contributed by atoms with Crippen LogP contribution in [0, 0.1) is 23.7 Å². The molecule has 3 aliphatic carbocycles. The molecule has 4 rings (SSSR count). The van der Waals surface area contributed by atoms with Crippen LogP contribution >= 0.6 is 0 Å². The zero-order valence-corrected chi connectivity index (χ0v) is 10.6. The summed E-state index contributed by atoms with van der Waals surface area (Å²) in [5.41, 5.74) is 0. The number of hydrogen-bond acceptors (Lipinski definition) is 3. The number of nitrogens with zero attached hydrogens (tertiary/aromatic N) is 1. The molecule has 0 radical (unpaired) electrons. The van der Waals surface area contributed by atoms with Crippen LogP contribution in [0.4, 0.5) is 0 Å². The average Bonchev–Trinajstić information content (AvgIpc) is 2.78. The molecule has 3 nitrogen and oxygen atoms in total. The van der Waals surface area contributed by atoms with E-state index in [-0.39, 0.29) is 0 Å². The molecule has 3 heteroatoms. The fourth-order valence-electron chi connectivity index (χ4n) is 4.81. The van der Waals surface area contributed by atoms with E-state index in [1.807, 2.05) is 0 Å². The SMILES string of the molecule is C(CN1CCOCC1)NC1C2C3CCC(C3)C12. The van der Waals surface area contributed by atoms with E-state index in [0.29, 0.717) is 0 Å². The summed E-state index contributed by atoms with van der Waals surface area (Å²) in [5, 5.41) is 3.82. The van der Waals surface area contributed by atoms with Crippen LogP contribution in [0.2, 0.25) is 0 Å². The second kappa shape index (κ2) is 4.22. The zero-order chi connectivity index (χ0) is 11.2. The highest BCUT2D eigenvalue weighted by Gasteiger charge is 2.64. The second-order valence-electron chi connectivity index (χ2n) is 6.42. The minimum atomic E-state index is 0.905. The van der Waals surface area contributed by atoms with Crippen molar-refractivity contribution in [3.05, 3.63) is 0 Å². The number of hydrogen-bond donors (Lipinski definition) is 1. The molecule has 0 aromatic carbocycles. The molecule has 4 atom stereocenters. The Balaban J connectivity index is 1.20. The van der Waals surface area contributed by atoms with Crippen LogP contribution in [0.3, 0.4) is 0 Å². The standard InChI is InChI=1S/C14H24N2O/c1-2-11-9-10(1)12-13(11)14(12)15-3-4-16-5-7-17-8-6-16/h10-15H,1-9H2. The first-order valence-corrected chi connectivity index (χ1v) is 7.47. The Kier molecular flexibility index (Phi) is 2.67. The molecular weight excluding hydrogens is 212 g/mol. The molecule has 1 N–H and O–H groups in total. The van der Waals surface area contributed by atoms with Gasteiger partial charge in [0, 0.05) is 32.2 Å². The van der Waals surface area contributed by atoms with Crippen LogP contribution in [0.25, 0.3) is 0 Å². The predicted molar refractivity (Wildman–Crippen MR) is 66.9 cm³/mol. The number of nitrogens with one attached hydrogen (secondary N) is 1. The molecule has 4 fully saturated rings. The van der Waals surface area contributed by atoms with Crippen molar-refractivity contribution in [1.29, 1.82) is 0 Å². The van der Waals surface area contributed by atoms with Gasteiger partial charge >= 0.3 is 0 Å². The van der Waals surface area contributed by atoms with Gasteiger partial charge < -0.3 is 10.1 Å². The lowest BCUT2D eigenvalue weighted by Crippen LogP contribution is -2.41. The molecule has 0 spiro atoms. The van der Waals surface area contributed by atoms with Crippen molar-refractivity contribution in [2.45, 2.75) is 25.3 Å². The fraction of sp³-hybridized carbons (Fsp3) is 1.00. The highest BCUT2D eigenvalue weighted by Crippen LogP contribution is 2.65. The van der Waals surface area contributed by atoms with E-state index in [1.165, 1.54) is 25.9 Å². The van der Waals surface area contributed by atoms with E-state index in [1.54, 1.807) is 6.42 Å². The maximum absolute atomic E-state index is 5.37. The van der Waals surface area contributed by atoms with E-state index >= 15 is 0 Å². The van der Waals surface area contributed by atoms with Crippen molar-refractivity contribution < 1.29 is 4.74 Å². The Morgan fingerprint density at radius 3 is 2.47 bits per heavy atom. The van der Waals surface area contributed by atoms with Crippen molar-refractivity contribution in [1.82, 2.24) is 10.2 Å². The van der Waals surface area contributed by atoms with Gasteiger partial charge in [0.1, 0.15) is 0 Å². The summed E-state index contributed by atoms with van der Waals surface area (Å²) in [7, 11) is 0. The first kappa shape index (κ1) is 10.8. The molecule has 1 heterocycles. The summed E-state index contributed by atoms with van der Waals surface area (Å²) in [5.74, 6) is 4.37. The number of fused-ring (bicyclic) bond motifs is 5. The monoisotopic (exact) mass is 236 g/mol. The van der Waals surface area contributed by atoms with Crippen molar-refractivity contribution in [2.75, 3.05) is 39.4 Å². The fourth-order valence-corrected chi connectivity index (χ4v) is 4.81. The lowest BCUT2D eigenvalue weighted by Gasteiger charge is -2.26. The number of morpholine rings is 1.